The van der Waals surface area contributed by atoms with Crippen molar-refractivity contribution < 1.29 is 23.8 Å². The Balaban J connectivity index is 2.16. The van der Waals surface area contributed by atoms with Crippen LogP contribution in [0.4, 0.5) is 0 Å². The summed E-state index contributed by atoms with van der Waals surface area (Å²) in [6.07, 6.45) is 0. The van der Waals surface area contributed by atoms with Crippen LogP contribution in [0.5, 0.6) is 11.5 Å². The maximum atomic E-state index is 11.4. The molecule has 6 heteroatoms. The van der Waals surface area contributed by atoms with E-state index in [1.807, 2.05) is 19.1 Å². The van der Waals surface area contributed by atoms with Crippen LogP contribution in [-0.4, -0.2) is 38.2 Å². The SMILES string of the molecule is CCOc1ccc(OCCNC(=O)COC(=O)C(C)C)cc1. The Morgan fingerprint density at radius 1 is 1.09 bits per heavy atom. The fourth-order valence-electron chi connectivity index (χ4n) is 1.51. The lowest BCUT2D eigenvalue weighted by molar-refractivity contribution is -0.151. The minimum Gasteiger partial charge on any atom is -0.494 e. The molecule has 0 aliphatic rings. The summed E-state index contributed by atoms with van der Waals surface area (Å²) in [6.45, 7) is 6.37. The first-order valence-corrected chi connectivity index (χ1v) is 7.32. The van der Waals surface area contributed by atoms with Gasteiger partial charge in [0, 0.05) is 0 Å². The molecule has 0 aromatic heterocycles. The summed E-state index contributed by atoms with van der Waals surface area (Å²) in [5.41, 5.74) is 0. The van der Waals surface area contributed by atoms with Crippen LogP contribution >= 0.6 is 0 Å². The molecule has 22 heavy (non-hydrogen) atoms. The molecule has 0 bridgehead atoms. The molecule has 0 unspecified atom stereocenters. The molecule has 0 spiro atoms. The first kappa shape index (κ1) is 17.8. The van der Waals surface area contributed by atoms with E-state index in [4.69, 9.17) is 14.2 Å². The third-order valence-corrected chi connectivity index (χ3v) is 2.64. The molecule has 1 aromatic rings. The minimum absolute atomic E-state index is 0.240. The Kier molecular flexibility index (Phi) is 7.81. The summed E-state index contributed by atoms with van der Waals surface area (Å²) in [5, 5.41) is 2.61. The van der Waals surface area contributed by atoms with E-state index < -0.39 is 0 Å². The number of amides is 1. The molecular formula is C16H23NO5. The predicted octanol–water partition coefficient (Wildman–Crippen LogP) is 1.78. The first-order chi connectivity index (χ1) is 10.5. The van der Waals surface area contributed by atoms with Crippen molar-refractivity contribution in [2.75, 3.05) is 26.4 Å². The number of carbonyl (C=O) groups excluding carboxylic acids is 2. The van der Waals surface area contributed by atoms with Gasteiger partial charge >= 0.3 is 5.97 Å². The number of nitrogens with one attached hydrogen (secondary N) is 1. The Labute approximate surface area is 130 Å². The lowest BCUT2D eigenvalue weighted by atomic mass is 10.2. The number of ether oxygens (including phenoxy) is 3. The van der Waals surface area contributed by atoms with Gasteiger partial charge in [0.05, 0.1) is 19.1 Å². The standard InChI is InChI=1S/C16H23NO5/c1-4-20-13-5-7-14(8-6-13)21-10-9-17-15(18)11-22-16(19)12(2)3/h5-8,12H,4,9-11H2,1-3H3,(H,17,18). The molecule has 1 rings (SSSR count). The summed E-state index contributed by atoms with van der Waals surface area (Å²) < 4.78 is 15.6. The van der Waals surface area contributed by atoms with Gasteiger partial charge in [-0.05, 0) is 31.2 Å². The lowest BCUT2D eigenvalue weighted by Gasteiger charge is -2.09. The fourth-order valence-corrected chi connectivity index (χ4v) is 1.51. The van der Waals surface area contributed by atoms with Crippen LogP contribution in [0.15, 0.2) is 24.3 Å². The quantitative estimate of drug-likeness (QED) is 0.556. The van der Waals surface area contributed by atoms with Crippen molar-refractivity contribution in [1.29, 1.82) is 0 Å². The first-order valence-electron chi connectivity index (χ1n) is 7.32. The van der Waals surface area contributed by atoms with Crippen molar-refractivity contribution >= 4 is 11.9 Å². The van der Waals surface area contributed by atoms with Crippen LogP contribution in [0.1, 0.15) is 20.8 Å². The Hall–Kier alpha value is -2.24. The number of benzene rings is 1. The number of rotatable bonds is 9. The Morgan fingerprint density at radius 3 is 2.23 bits per heavy atom. The van der Waals surface area contributed by atoms with Crippen molar-refractivity contribution in [3.05, 3.63) is 24.3 Å². The molecule has 122 valence electrons. The zero-order chi connectivity index (χ0) is 16.4. The zero-order valence-electron chi connectivity index (χ0n) is 13.3. The van der Waals surface area contributed by atoms with E-state index in [1.165, 1.54) is 0 Å². The molecule has 0 saturated heterocycles. The van der Waals surface area contributed by atoms with Gasteiger partial charge in [-0.1, -0.05) is 13.8 Å². The summed E-state index contributed by atoms with van der Waals surface area (Å²) in [5.74, 6) is 0.514. The average molecular weight is 309 g/mol. The second-order valence-electron chi connectivity index (χ2n) is 4.87. The van der Waals surface area contributed by atoms with E-state index in [2.05, 4.69) is 5.32 Å². The molecule has 0 saturated carbocycles. The summed E-state index contributed by atoms with van der Waals surface area (Å²) in [4.78, 5) is 22.6. The van der Waals surface area contributed by atoms with Crippen molar-refractivity contribution in [3.63, 3.8) is 0 Å². The molecule has 0 aliphatic carbocycles. The smallest absolute Gasteiger partial charge is 0.308 e. The lowest BCUT2D eigenvalue weighted by Crippen LogP contribution is -2.32. The maximum Gasteiger partial charge on any atom is 0.308 e. The van der Waals surface area contributed by atoms with E-state index in [0.29, 0.717) is 25.5 Å². The highest BCUT2D eigenvalue weighted by molar-refractivity contribution is 5.80. The van der Waals surface area contributed by atoms with Crippen LogP contribution < -0.4 is 14.8 Å². The van der Waals surface area contributed by atoms with Gasteiger partial charge in [-0.3, -0.25) is 9.59 Å². The highest BCUT2D eigenvalue weighted by atomic mass is 16.5. The van der Waals surface area contributed by atoms with Crippen LogP contribution in [0.25, 0.3) is 0 Å². The highest BCUT2D eigenvalue weighted by Crippen LogP contribution is 2.17. The number of hydrogen-bond acceptors (Lipinski definition) is 5. The van der Waals surface area contributed by atoms with Gasteiger partial charge in [0.25, 0.3) is 5.91 Å². The van der Waals surface area contributed by atoms with Crippen molar-refractivity contribution in [2.24, 2.45) is 5.92 Å². The van der Waals surface area contributed by atoms with E-state index >= 15 is 0 Å². The van der Waals surface area contributed by atoms with Gasteiger partial charge in [0.1, 0.15) is 18.1 Å². The van der Waals surface area contributed by atoms with E-state index in [0.717, 1.165) is 5.75 Å². The molecule has 1 N–H and O–H groups in total. The predicted molar refractivity (Wildman–Crippen MR) is 81.9 cm³/mol. The third kappa shape index (κ3) is 6.97. The normalized spacial score (nSPS) is 10.2. The molecule has 0 aliphatic heterocycles. The molecule has 1 amide bonds. The monoisotopic (exact) mass is 309 g/mol. The fraction of sp³-hybridized carbons (Fsp3) is 0.500. The van der Waals surface area contributed by atoms with E-state index in [-0.39, 0.29) is 24.4 Å². The van der Waals surface area contributed by atoms with Gasteiger partial charge in [-0.15, -0.1) is 0 Å². The molecule has 0 heterocycles. The van der Waals surface area contributed by atoms with Crippen molar-refractivity contribution in [3.8, 4) is 11.5 Å². The molecule has 0 fully saturated rings. The van der Waals surface area contributed by atoms with Crippen LogP contribution in [0.2, 0.25) is 0 Å². The Morgan fingerprint density at radius 2 is 1.68 bits per heavy atom. The van der Waals surface area contributed by atoms with Gasteiger partial charge in [0.15, 0.2) is 6.61 Å². The van der Waals surface area contributed by atoms with Crippen LogP contribution in [-0.2, 0) is 14.3 Å². The van der Waals surface area contributed by atoms with Gasteiger partial charge in [0.2, 0.25) is 0 Å². The van der Waals surface area contributed by atoms with Gasteiger partial charge < -0.3 is 19.5 Å². The number of carbonyl (C=O) groups is 2. The number of hydrogen-bond donors (Lipinski definition) is 1. The average Bonchev–Trinajstić information content (AvgIpc) is 2.51. The molecular weight excluding hydrogens is 286 g/mol. The van der Waals surface area contributed by atoms with Crippen LogP contribution in [0, 0.1) is 5.92 Å². The third-order valence-electron chi connectivity index (χ3n) is 2.64. The highest BCUT2D eigenvalue weighted by Gasteiger charge is 2.10. The summed E-state index contributed by atoms with van der Waals surface area (Å²) in [6, 6.07) is 7.25. The van der Waals surface area contributed by atoms with Gasteiger partial charge in [-0.2, -0.15) is 0 Å². The largest absolute Gasteiger partial charge is 0.494 e. The van der Waals surface area contributed by atoms with Crippen molar-refractivity contribution in [1.82, 2.24) is 5.32 Å². The van der Waals surface area contributed by atoms with Gasteiger partial charge in [-0.25, -0.2) is 0 Å². The minimum atomic E-state index is -0.388. The topological polar surface area (TPSA) is 73.9 Å². The van der Waals surface area contributed by atoms with E-state index in [9.17, 15) is 9.59 Å². The Bertz CT molecular complexity index is 470. The zero-order valence-corrected chi connectivity index (χ0v) is 13.3. The van der Waals surface area contributed by atoms with E-state index in [1.54, 1.807) is 26.0 Å². The molecule has 6 nitrogen and oxygen atoms in total. The molecule has 0 radical (unpaired) electrons. The summed E-state index contributed by atoms with van der Waals surface area (Å²) in [7, 11) is 0. The number of esters is 1. The summed E-state index contributed by atoms with van der Waals surface area (Å²) >= 11 is 0. The maximum absolute atomic E-state index is 11.4. The second kappa shape index (κ2) is 9.65. The molecule has 1 aromatic carbocycles. The second-order valence-corrected chi connectivity index (χ2v) is 4.87. The molecule has 0 atom stereocenters. The van der Waals surface area contributed by atoms with Crippen LogP contribution in [0.3, 0.4) is 0 Å². The van der Waals surface area contributed by atoms with Crippen molar-refractivity contribution in [2.45, 2.75) is 20.8 Å².